The fourth-order valence-corrected chi connectivity index (χ4v) is 5.07. The maximum Gasteiger partial charge on any atom is 0.249 e. The van der Waals surface area contributed by atoms with Crippen LogP contribution in [-0.4, -0.2) is 71.3 Å². The average molecular weight is 553 g/mol. The average Bonchev–Trinajstić information content (AvgIpc) is 3.78. The molecule has 2 atom stereocenters. The number of nitrogens with zero attached hydrogens (tertiary/aromatic N) is 9. The Morgan fingerprint density at radius 1 is 1.15 bits per heavy atom. The van der Waals surface area contributed by atoms with Gasteiger partial charge in [0.25, 0.3) is 0 Å². The van der Waals surface area contributed by atoms with E-state index in [4.69, 9.17) is 4.74 Å². The van der Waals surface area contributed by atoms with E-state index in [1.807, 2.05) is 43.3 Å². The molecule has 4 heterocycles. The molecule has 0 radical (unpaired) electrons. The molecule has 6 rings (SSSR count). The SMILES string of the molecule is Cc1cc(N(C(=O)Cn2nnc3ccccc32)[C@@H](C(=O)NC[C@H]2CCCO2)c2cccnc2)ccc1-n1cnnn1. The van der Waals surface area contributed by atoms with Gasteiger partial charge in [0, 0.05) is 36.8 Å². The summed E-state index contributed by atoms with van der Waals surface area (Å²) in [5, 5.41) is 22.8. The Kier molecular flexibility index (Phi) is 7.41. The summed E-state index contributed by atoms with van der Waals surface area (Å²) in [4.78, 5) is 33.9. The molecule has 1 aliphatic heterocycles. The van der Waals surface area contributed by atoms with Crippen LogP contribution in [-0.2, 0) is 20.9 Å². The number of hydrogen-bond acceptors (Lipinski definition) is 9. The Hall–Kier alpha value is -5.04. The van der Waals surface area contributed by atoms with Gasteiger partial charge in [0.15, 0.2) is 0 Å². The lowest BCUT2D eigenvalue weighted by molar-refractivity contribution is -0.127. The first kappa shape index (κ1) is 26.2. The molecule has 2 amide bonds. The molecule has 1 aliphatic rings. The maximum absolute atomic E-state index is 14.2. The zero-order chi connectivity index (χ0) is 28.2. The highest BCUT2D eigenvalue weighted by Crippen LogP contribution is 2.31. The molecule has 13 heteroatoms. The van der Waals surface area contributed by atoms with Gasteiger partial charge in [0.2, 0.25) is 11.8 Å². The number of nitrogens with one attached hydrogen (secondary N) is 1. The van der Waals surface area contributed by atoms with Crippen molar-refractivity contribution in [2.75, 3.05) is 18.1 Å². The van der Waals surface area contributed by atoms with Gasteiger partial charge in [-0.25, -0.2) is 9.36 Å². The molecule has 0 saturated carbocycles. The minimum atomic E-state index is -1.01. The van der Waals surface area contributed by atoms with E-state index in [1.165, 1.54) is 15.9 Å². The molecule has 41 heavy (non-hydrogen) atoms. The topological polar surface area (TPSA) is 146 Å². The summed E-state index contributed by atoms with van der Waals surface area (Å²) in [6, 6.07) is 15.4. The number of fused-ring (bicyclic) bond motifs is 1. The van der Waals surface area contributed by atoms with Crippen LogP contribution in [0.2, 0.25) is 0 Å². The molecular formula is C28H28N10O3. The highest BCUT2D eigenvalue weighted by atomic mass is 16.5. The van der Waals surface area contributed by atoms with Gasteiger partial charge in [-0.2, -0.15) is 0 Å². The van der Waals surface area contributed by atoms with Crippen molar-refractivity contribution in [3.63, 3.8) is 0 Å². The van der Waals surface area contributed by atoms with Crippen LogP contribution in [0.15, 0.2) is 73.3 Å². The van der Waals surface area contributed by atoms with Gasteiger partial charge < -0.3 is 10.1 Å². The number of amides is 2. The Morgan fingerprint density at radius 3 is 2.80 bits per heavy atom. The zero-order valence-corrected chi connectivity index (χ0v) is 22.4. The van der Waals surface area contributed by atoms with Gasteiger partial charge in [-0.05, 0) is 72.2 Å². The normalized spacial score (nSPS) is 15.6. The van der Waals surface area contributed by atoms with Crippen LogP contribution in [0.3, 0.4) is 0 Å². The van der Waals surface area contributed by atoms with E-state index >= 15 is 0 Å². The van der Waals surface area contributed by atoms with Crippen molar-refractivity contribution in [2.45, 2.75) is 38.5 Å². The fourth-order valence-electron chi connectivity index (χ4n) is 5.07. The number of aromatic nitrogens is 8. The third-order valence-electron chi connectivity index (χ3n) is 7.06. The minimum absolute atomic E-state index is 0.0584. The molecule has 0 bridgehead atoms. The zero-order valence-electron chi connectivity index (χ0n) is 22.4. The monoisotopic (exact) mass is 552 g/mol. The standard InChI is InChI=1S/C28H28N10O3/c1-19-14-21(10-11-24(19)37-18-31-33-35-37)38(26(39)17-36-25-9-3-2-8-23(25)32-34-36)27(20-6-4-12-29-15-20)28(40)30-16-22-7-5-13-41-22/h2-4,6,8-12,14-15,18,22,27H,5,7,13,16-17H2,1H3,(H,30,40)/t22-,27-/m1/s1. The Labute approximate surface area is 235 Å². The first-order valence-electron chi connectivity index (χ1n) is 13.3. The Morgan fingerprint density at radius 2 is 2.05 bits per heavy atom. The number of anilines is 1. The molecule has 0 unspecified atom stereocenters. The number of benzene rings is 2. The third-order valence-corrected chi connectivity index (χ3v) is 7.06. The highest BCUT2D eigenvalue weighted by molar-refractivity contribution is 6.01. The number of rotatable bonds is 9. The lowest BCUT2D eigenvalue weighted by atomic mass is 10.0. The summed E-state index contributed by atoms with van der Waals surface area (Å²) in [5.74, 6) is -0.691. The summed E-state index contributed by atoms with van der Waals surface area (Å²) >= 11 is 0. The van der Waals surface area contributed by atoms with E-state index < -0.39 is 6.04 Å². The van der Waals surface area contributed by atoms with E-state index in [-0.39, 0.29) is 24.5 Å². The third kappa shape index (κ3) is 5.52. The largest absolute Gasteiger partial charge is 0.376 e. The predicted octanol–water partition coefficient (Wildman–Crippen LogP) is 2.18. The predicted molar refractivity (Wildman–Crippen MR) is 148 cm³/mol. The van der Waals surface area contributed by atoms with Crippen LogP contribution in [0.4, 0.5) is 5.69 Å². The number of aryl methyl sites for hydroxylation is 1. The number of ether oxygens (including phenoxy) is 1. The van der Waals surface area contributed by atoms with Gasteiger partial charge in [-0.3, -0.25) is 19.5 Å². The highest BCUT2D eigenvalue weighted by Gasteiger charge is 2.34. The van der Waals surface area contributed by atoms with E-state index in [2.05, 4.69) is 36.1 Å². The van der Waals surface area contributed by atoms with E-state index in [0.29, 0.717) is 35.4 Å². The van der Waals surface area contributed by atoms with Crippen LogP contribution < -0.4 is 10.2 Å². The minimum Gasteiger partial charge on any atom is -0.376 e. The molecule has 2 aromatic carbocycles. The molecule has 0 aliphatic carbocycles. The van der Waals surface area contributed by atoms with Crippen LogP contribution >= 0.6 is 0 Å². The van der Waals surface area contributed by atoms with E-state index in [0.717, 1.165) is 24.1 Å². The van der Waals surface area contributed by atoms with Crippen molar-refractivity contribution in [1.82, 2.24) is 45.5 Å². The van der Waals surface area contributed by atoms with Gasteiger partial charge in [0.1, 0.15) is 24.4 Å². The molecule has 0 spiro atoms. The fraction of sp³-hybridized carbons (Fsp3) is 0.286. The van der Waals surface area contributed by atoms with Crippen molar-refractivity contribution in [3.8, 4) is 5.69 Å². The van der Waals surface area contributed by atoms with Crippen LogP contribution in [0.5, 0.6) is 0 Å². The number of pyridine rings is 1. The summed E-state index contributed by atoms with van der Waals surface area (Å²) in [6.45, 7) is 2.79. The smallest absolute Gasteiger partial charge is 0.249 e. The summed E-state index contributed by atoms with van der Waals surface area (Å²) in [5.41, 5.74) is 4.03. The maximum atomic E-state index is 14.2. The van der Waals surface area contributed by atoms with Crippen LogP contribution in [0.1, 0.15) is 30.0 Å². The first-order chi connectivity index (χ1) is 20.1. The van der Waals surface area contributed by atoms with Gasteiger partial charge in [-0.15, -0.1) is 10.2 Å². The van der Waals surface area contributed by atoms with Crippen molar-refractivity contribution in [1.29, 1.82) is 0 Å². The van der Waals surface area contributed by atoms with Crippen molar-refractivity contribution in [3.05, 3.63) is 84.4 Å². The van der Waals surface area contributed by atoms with Gasteiger partial charge in [-0.1, -0.05) is 23.4 Å². The molecule has 208 valence electrons. The molecule has 3 aromatic heterocycles. The van der Waals surface area contributed by atoms with Crippen molar-refractivity contribution < 1.29 is 14.3 Å². The first-order valence-corrected chi connectivity index (χ1v) is 13.3. The van der Waals surface area contributed by atoms with E-state index in [9.17, 15) is 9.59 Å². The molecule has 5 aromatic rings. The number of carbonyl (C=O) groups excluding carboxylic acids is 2. The van der Waals surface area contributed by atoms with Crippen LogP contribution in [0, 0.1) is 6.92 Å². The lowest BCUT2D eigenvalue weighted by Crippen LogP contribution is -2.46. The summed E-state index contributed by atoms with van der Waals surface area (Å²) in [7, 11) is 0. The van der Waals surface area contributed by atoms with Crippen molar-refractivity contribution >= 4 is 28.5 Å². The molecule has 1 fully saturated rings. The molecule has 1 N–H and O–H groups in total. The number of hydrogen-bond donors (Lipinski definition) is 1. The van der Waals surface area contributed by atoms with E-state index in [1.54, 1.807) is 35.3 Å². The van der Waals surface area contributed by atoms with Crippen LogP contribution in [0.25, 0.3) is 16.7 Å². The lowest BCUT2D eigenvalue weighted by Gasteiger charge is -2.32. The Bertz CT molecular complexity index is 1650. The number of carbonyl (C=O) groups is 2. The summed E-state index contributed by atoms with van der Waals surface area (Å²) in [6.07, 6.45) is 6.50. The summed E-state index contributed by atoms with van der Waals surface area (Å²) < 4.78 is 8.79. The molecule has 1 saturated heterocycles. The molecule has 13 nitrogen and oxygen atoms in total. The second-order valence-electron chi connectivity index (χ2n) is 9.79. The van der Waals surface area contributed by atoms with Crippen molar-refractivity contribution in [2.24, 2.45) is 0 Å². The van der Waals surface area contributed by atoms with Gasteiger partial charge >= 0.3 is 0 Å². The van der Waals surface area contributed by atoms with Gasteiger partial charge in [0.05, 0.1) is 17.3 Å². The second kappa shape index (κ2) is 11.6. The Balaban J connectivity index is 1.41. The number of para-hydroxylation sites is 1. The number of tetrazole rings is 1. The second-order valence-corrected chi connectivity index (χ2v) is 9.79. The quantitative estimate of drug-likeness (QED) is 0.291. The molecular weight excluding hydrogens is 524 g/mol.